The van der Waals surface area contributed by atoms with E-state index in [0.717, 1.165) is 60.3 Å². The molecule has 2 amide bonds. The molecule has 172 valence electrons. The van der Waals surface area contributed by atoms with Gasteiger partial charge in [0.15, 0.2) is 9.92 Å². The molecule has 3 N–H and O–H groups in total. The molecule has 1 fully saturated rings. The van der Waals surface area contributed by atoms with Gasteiger partial charge < -0.3 is 14.8 Å². The standard InChI is InChI=1S/C21H28N6O4S/c1-12-18(14-6-7-14)24-16-5-3-4-15(16)19(12)25-21(28)26-32(22,29)17-8-23-27-9-13(10-30-2)11-31-20(17)27/h8,13-14H,3-7,9-11H2,1-2H3,(H3,22,24,25,26,28,29). The van der Waals surface area contributed by atoms with Crippen LogP contribution in [0.25, 0.3) is 0 Å². The number of aromatic nitrogens is 3. The van der Waals surface area contributed by atoms with Gasteiger partial charge in [-0.3, -0.25) is 4.98 Å². The molecule has 3 heterocycles. The lowest BCUT2D eigenvalue weighted by atomic mass is 10.0. The summed E-state index contributed by atoms with van der Waals surface area (Å²) in [6.07, 6.45) is 6.39. The molecule has 2 aliphatic carbocycles. The maximum absolute atomic E-state index is 13.2. The molecule has 0 bridgehead atoms. The topological polar surface area (TPSA) is 134 Å². The summed E-state index contributed by atoms with van der Waals surface area (Å²) in [4.78, 5) is 17.8. The average Bonchev–Trinajstić information content (AvgIpc) is 3.31. The van der Waals surface area contributed by atoms with Gasteiger partial charge in [0.05, 0.1) is 31.6 Å². The summed E-state index contributed by atoms with van der Waals surface area (Å²) in [5.74, 6) is 0.885. The summed E-state index contributed by atoms with van der Waals surface area (Å²) < 4.78 is 29.5. The molecule has 11 heteroatoms. The lowest BCUT2D eigenvalue weighted by molar-refractivity contribution is 0.0780. The first kappa shape index (κ1) is 21.4. The van der Waals surface area contributed by atoms with Crippen LogP contribution in [0.15, 0.2) is 15.5 Å². The highest BCUT2D eigenvalue weighted by atomic mass is 32.2. The Morgan fingerprint density at radius 3 is 3.00 bits per heavy atom. The summed E-state index contributed by atoms with van der Waals surface area (Å²) in [6.45, 7) is 3.45. The predicted molar refractivity (Wildman–Crippen MR) is 118 cm³/mol. The molecule has 5 rings (SSSR count). The molecule has 0 saturated heterocycles. The number of ether oxygens (including phenoxy) is 2. The van der Waals surface area contributed by atoms with Crippen LogP contribution in [0.4, 0.5) is 10.5 Å². The number of fused-ring (bicyclic) bond motifs is 2. The number of pyridine rings is 1. The van der Waals surface area contributed by atoms with Crippen molar-refractivity contribution in [2.45, 2.75) is 56.4 Å². The number of rotatable bonds is 5. The Hall–Kier alpha value is -2.50. The molecule has 0 spiro atoms. The van der Waals surface area contributed by atoms with Gasteiger partial charge in [0.1, 0.15) is 4.90 Å². The van der Waals surface area contributed by atoms with E-state index >= 15 is 0 Å². The Morgan fingerprint density at radius 2 is 2.25 bits per heavy atom. The van der Waals surface area contributed by atoms with E-state index in [0.29, 0.717) is 31.6 Å². The first-order valence-corrected chi connectivity index (χ1v) is 12.5. The quantitative estimate of drug-likeness (QED) is 0.704. The minimum Gasteiger partial charge on any atom is -0.476 e. The van der Waals surface area contributed by atoms with Crippen LogP contribution >= 0.6 is 0 Å². The molecule has 0 radical (unpaired) electrons. The van der Waals surface area contributed by atoms with E-state index in [2.05, 4.69) is 14.8 Å². The number of carbonyl (C=O) groups excluding carboxylic acids is 1. The number of hydrogen-bond donors (Lipinski definition) is 2. The van der Waals surface area contributed by atoms with Gasteiger partial charge in [-0.1, -0.05) is 0 Å². The Kier molecular flexibility index (Phi) is 5.42. The largest absolute Gasteiger partial charge is 0.476 e. The number of carbonyl (C=O) groups is 1. The van der Waals surface area contributed by atoms with Crippen LogP contribution < -0.4 is 15.2 Å². The Bertz CT molecular complexity index is 1200. The zero-order valence-electron chi connectivity index (χ0n) is 18.3. The number of urea groups is 1. The van der Waals surface area contributed by atoms with Crippen LogP contribution in [0.1, 0.15) is 47.7 Å². The molecule has 32 heavy (non-hydrogen) atoms. The molecule has 2 aromatic heterocycles. The van der Waals surface area contributed by atoms with Gasteiger partial charge >= 0.3 is 6.03 Å². The fourth-order valence-electron chi connectivity index (χ4n) is 4.59. The van der Waals surface area contributed by atoms with Crippen LogP contribution in [-0.2, 0) is 34.0 Å². The molecular formula is C21H28N6O4S. The first-order valence-electron chi connectivity index (χ1n) is 10.9. The number of aryl methyl sites for hydroxylation is 1. The zero-order chi connectivity index (χ0) is 22.5. The minimum absolute atomic E-state index is 0.124. The molecular weight excluding hydrogens is 432 g/mol. The maximum atomic E-state index is 13.2. The van der Waals surface area contributed by atoms with Crippen molar-refractivity contribution in [1.29, 1.82) is 0 Å². The molecule has 2 unspecified atom stereocenters. The lowest BCUT2D eigenvalue weighted by Gasteiger charge is -2.24. The molecule has 2 aromatic rings. The number of methoxy groups -OCH3 is 1. The van der Waals surface area contributed by atoms with Crippen LogP contribution in [0.3, 0.4) is 0 Å². The highest BCUT2D eigenvalue weighted by Gasteiger charge is 2.32. The van der Waals surface area contributed by atoms with Crippen molar-refractivity contribution in [2.24, 2.45) is 15.4 Å². The monoisotopic (exact) mass is 460 g/mol. The van der Waals surface area contributed by atoms with Gasteiger partial charge in [0.2, 0.25) is 5.88 Å². The Balaban J connectivity index is 1.42. The average molecular weight is 461 g/mol. The number of amides is 2. The van der Waals surface area contributed by atoms with Crippen LogP contribution in [0, 0.1) is 12.8 Å². The second-order valence-corrected chi connectivity index (χ2v) is 10.5. The van der Waals surface area contributed by atoms with Gasteiger partial charge in [-0.05, 0) is 50.2 Å². The summed E-state index contributed by atoms with van der Waals surface area (Å²) in [6, 6.07) is -0.740. The van der Waals surface area contributed by atoms with Crippen molar-refractivity contribution in [1.82, 2.24) is 14.8 Å². The number of nitrogens with two attached hydrogens (primary N) is 1. The Morgan fingerprint density at radius 1 is 1.44 bits per heavy atom. The Labute approximate surface area is 187 Å². The summed E-state index contributed by atoms with van der Waals surface area (Å²) in [5, 5.41) is 13.1. The van der Waals surface area contributed by atoms with E-state index in [9.17, 15) is 9.00 Å². The summed E-state index contributed by atoms with van der Waals surface area (Å²) in [7, 11) is -1.91. The number of nitrogens with one attached hydrogen (secondary N) is 1. The van der Waals surface area contributed by atoms with Crippen molar-refractivity contribution in [3.8, 4) is 5.88 Å². The second kappa shape index (κ2) is 8.13. The van der Waals surface area contributed by atoms with Gasteiger partial charge in [-0.15, -0.1) is 4.36 Å². The third-order valence-corrected chi connectivity index (χ3v) is 7.63. The predicted octanol–water partition coefficient (Wildman–Crippen LogP) is 2.54. The van der Waals surface area contributed by atoms with Gasteiger partial charge in [-0.25, -0.2) is 18.8 Å². The summed E-state index contributed by atoms with van der Waals surface area (Å²) >= 11 is 0. The maximum Gasteiger partial charge on any atom is 0.354 e. The van der Waals surface area contributed by atoms with E-state index in [1.165, 1.54) is 6.20 Å². The van der Waals surface area contributed by atoms with E-state index < -0.39 is 15.9 Å². The molecule has 3 aliphatic rings. The van der Waals surface area contributed by atoms with Gasteiger partial charge in [-0.2, -0.15) is 5.10 Å². The molecule has 1 saturated carbocycles. The van der Waals surface area contributed by atoms with Crippen molar-refractivity contribution in [3.05, 3.63) is 28.7 Å². The molecule has 10 nitrogen and oxygen atoms in total. The van der Waals surface area contributed by atoms with Crippen molar-refractivity contribution in [2.75, 3.05) is 25.6 Å². The van der Waals surface area contributed by atoms with E-state index in [1.807, 2.05) is 6.92 Å². The van der Waals surface area contributed by atoms with Crippen molar-refractivity contribution >= 4 is 21.6 Å². The highest BCUT2D eigenvalue weighted by molar-refractivity contribution is 7.91. The van der Waals surface area contributed by atoms with Crippen LogP contribution in [0.2, 0.25) is 0 Å². The molecule has 1 aliphatic heterocycles. The fourth-order valence-corrected chi connectivity index (χ4v) is 5.60. The molecule has 2 atom stereocenters. The van der Waals surface area contributed by atoms with E-state index in [-0.39, 0.29) is 10.8 Å². The van der Waals surface area contributed by atoms with Crippen LogP contribution in [-0.4, -0.2) is 45.3 Å². The highest BCUT2D eigenvalue weighted by Crippen LogP contribution is 2.44. The molecule has 0 aromatic carbocycles. The summed E-state index contributed by atoms with van der Waals surface area (Å²) in [5.41, 5.74) is 4.87. The first-order chi connectivity index (χ1) is 15.4. The normalized spacial score (nSPS) is 21.3. The van der Waals surface area contributed by atoms with Crippen LogP contribution in [0.5, 0.6) is 5.88 Å². The smallest absolute Gasteiger partial charge is 0.354 e. The number of nitrogens with zero attached hydrogens (tertiary/aromatic N) is 4. The SMILES string of the molecule is COCC1COc2c(S(N)(=O)=NC(=O)Nc3c(C)c(C4CC4)nc4c3CCC4)cnn2C1. The van der Waals surface area contributed by atoms with E-state index in [1.54, 1.807) is 11.8 Å². The van der Waals surface area contributed by atoms with Crippen molar-refractivity contribution < 1.29 is 18.5 Å². The minimum atomic E-state index is -3.54. The fraction of sp³-hybridized carbons (Fsp3) is 0.571. The van der Waals surface area contributed by atoms with E-state index in [4.69, 9.17) is 19.6 Å². The number of hydrogen-bond acceptors (Lipinski definition) is 6. The third kappa shape index (κ3) is 3.89. The second-order valence-electron chi connectivity index (χ2n) is 8.77. The van der Waals surface area contributed by atoms with Gasteiger partial charge in [0.25, 0.3) is 0 Å². The van der Waals surface area contributed by atoms with Crippen molar-refractivity contribution in [3.63, 3.8) is 0 Å². The zero-order valence-corrected chi connectivity index (χ0v) is 19.1. The van der Waals surface area contributed by atoms with Gasteiger partial charge in [0, 0.05) is 30.3 Å². The number of anilines is 1. The third-order valence-electron chi connectivity index (χ3n) is 6.28. The lowest BCUT2D eigenvalue weighted by Crippen LogP contribution is -2.29.